The first-order valence-corrected chi connectivity index (χ1v) is 7.09. The lowest BCUT2D eigenvalue weighted by molar-refractivity contribution is -0.124. The minimum atomic E-state index is -0.000909. The monoisotopic (exact) mass is 252 g/mol. The van der Waals surface area contributed by atoms with Crippen molar-refractivity contribution in [3.63, 3.8) is 0 Å². The largest absolute Gasteiger partial charge is 0.350 e. The zero-order valence-corrected chi connectivity index (χ0v) is 11.3. The van der Waals surface area contributed by atoms with Crippen molar-refractivity contribution in [3.05, 3.63) is 21.9 Å². The number of rotatable bonds is 3. The lowest BCUT2D eigenvalue weighted by Gasteiger charge is -2.27. The Morgan fingerprint density at radius 2 is 2.47 bits per heavy atom. The van der Waals surface area contributed by atoms with Gasteiger partial charge in [-0.15, -0.1) is 11.3 Å². The van der Waals surface area contributed by atoms with Crippen molar-refractivity contribution < 1.29 is 4.79 Å². The molecule has 2 unspecified atom stereocenters. The number of hydrogen-bond acceptors (Lipinski definition) is 3. The van der Waals surface area contributed by atoms with Crippen LogP contribution < -0.4 is 10.6 Å². The molecule has 17 heavy (non-hydrogen) atoms. The average Bonchev–Trinajstić information content (AvgIpc) is 2.72. The van der Waals surface area contributed by atoms with Crippen molar-refractivity contribution in [2.75, 3.05) is 6.54 Å². The number of nitrogens with one attached hydrogen (secondary N) is 2. The van der Waals surface area contributed by atoms with Crippen LogP contribution in [0.2, 0.25) is 0 Å². The standard InChI is InChI=1S/C13H20N2OS/c1-9-3-5-14-11(7-9)13(16)15-8-12-10(2)4-6-17-12/h4,6,9,11,14H,3,5,7-8H2,1-2H3,(H,15,16). The molecule has 0 aromatic carbocycles. The van der Waals surface area contributed by atoms with Gasteiger partial charge in [-0.25, -0.2) is 0 Å². The molecule has 1 saturated heterocycles. The third-order valence-electron chi connectivity index (χ3n) is 3.37. The van der Waals surface area contributed by atoms with Gasteiger partial charge in [0.1, 0.15) is 0 Å². The van der Waals surface area contributed by atoms with Crippen molar-refractivity contribution in [3.8, 4) is 0 Å². The van der Waals surface area contributed by atoms with Gasteiger partial charge in [0.25, 0.3) is 0 Å². The molecular weight excluding hydrogens is 232 g/mol. The third-order valence-corrected chi connectivity index (χ3v) is 4.40. The second kappa shape index (κ2) is 5.65. The predicted octanol–water partition coefficient (Wildman–Crippen LogP) is 2.06. The third kappa shape index (κ3) is 3.30. The van der Waals surface area contributed by atoms with Crippen LogP contribution in [-0.4, -0.2) is 18.5 Å². The van der Waals surface area contributed by atoms with Gasteiger partial charge >= 0.3 is 0 Å². The fraction of sp³-hybridized carbons (Fsp3) is 0.615. The molecule has 0 bridgehead atoms. The van der Waals surface area contributed by atoms with E-state index < -0.39 is 0 Å². The first-order valence-electron chi connectivity index (χ1n) is 6.21. The van der Waals surface area contributed by atoms with E-state index in [1.54, 1.807) is 11.3 Å². The summed E-state index contributed by atoms with van der Waals surface area (Å²) in [4.78, 5) is 13.2. The van der Waals surface area contributed by atoms with E-state index in [0.29, 0.717) is 12.5 Å². The Balaban J connectivity index is 1.83. The number of carbonyl (C=O) groups is 1. The topological polar surface area (TPSA) is 41.1 Å². The molecule has 1 aliphatic heterocycles. The quantitative estimate of drug-likeness (QED) is 0.864. The SMILES string of the molecule is Cc1ccsc1CNC(=O)C1CC(C)CCN1. The Morgan fingerprint density at radius 1 is 1.65 bits per heavy atom. The van der Waals surface area contributed by atoms with Crippen LogP contribution >= 0.6 is 11.3 Å². The minimum Gasteiger partial charge on any atom is -0.350 e. The van der Waals surface area contributed by atoms with Gasteiger partial charge in [-0.3, -0.25) is 4.79 Å². The second-order valence-corrected chi connectivity index (χ2v) is 5.88. The van der Waals surface area contributed by atoms with Crippen LogP contribution in [0.25, 0.3) is 0 Å². The summed E-state index contributed by atoms with van der Waals surface area (Å²) < 4.78 is 0. The molecule has 0 spiro atoms. The zero-order valence-electron chi connectivity index (χ0n) is 10.5. The smallest absolute Gasteiger partial charge is 0.237 e. The Kier molecular flexibility index (Phi) is 4.18. The van der Waals surface area contributed by atoms with Crippen LogP contribution in [0.4, 0.5) is 0 Å². The van der Waals surface area contributed by atoms with Crippen LogP contribution in [-0.2, 0) is 11.3 Å². The maximum atomic E-state index is 12.0. The summed E-state index contributed by atoms with van der Waals surface area (Å²) in [6.45, 7) is 5.91. The summed E-state index contributed by atoms with van der Waals surface area (Å²) >= 11 is 1.70. The molecule has 1 fully saturated rings. The Bertz CT molecular complexity index is 389. The Labute approximate surface area is 107 Å². The number of thiophene rings is 1. The fourth-order valence-electron chi connectivity index (χ4n) is 2.18. The van der Waals surface area contributed by atoms with E-state index in [2.05, 4.69) is 35.9 Å². The zero-order chi connectivity index (χ0) is 12.3. The molecule has 0 aliphatic carbocycles. The lowest BCUT2D eigenvalue weighted by atomic mass is 9.94. The van der Waals surface area contributed by atoms with E-state index in [9.17, 15) is 4.79 Å². The van der Waals surface area contributed by atoms with Crippen LogP contribution in [0.3, 0.4) is 0 Å². The first kappa shape index (κ1) is 12.6. The fourth-order valence-corrected chi connectivity index (χ4v) is 3.03. The van der Waals surface area contributed by atoms with E-state index in [4.69, 9.17) is 0 Å². The number of hydrogen-bond donors (Lipinski definition) is 2. The van der Waals surface area contributed by atoms with Gasteiger partial charge in [-0.05, 0) is 49.2 Å². The first-order chi connectivity index (χ1) is 8.16. The van der Waals surface area contributed by atoms with Crippen molar-refractivity contribution in [2.45, 2.75) is 39.3 Å². The molecule has 1 aromatic heterocycles. The van der Waals surface area contributed by atoms with Gasteiger partial charge < -0.3 is 10.6 Å². The average molecular weight is 252 g/mol. The van der Waals surface area contributed by atoms with Crippen molar-refractivity contribution in [2.24, 2.45) is 5.92 Å². The normalized spacial score (nSPS) is 24.6. The molecule has 2 heterocycles. The van der Waals surface area contributed by atoms with Gasteiger partial charge in [0, 0.05) is 4.88 Å². The number of piperidine rings is 1. The van der Waals surface area contributed by atoms with Crippen LogP contribution in [0.15, 0.2) is 11.4 Å². The lowest BCUT2D eigenvalue weighted by Crippen LogP contribution is -2.48. The molecular formula is C13H20N2OS. The van der Waals surface area contributed by atoms with E-state index in [1.165, 1.54) is 16.9 Å². The maximum Gasteiger partial charge on any atom is 0.237 e. The summed E-state index contributed by atoms with van der Waals surface area (Å²) in [6.07, 6.45) is 2.13. The van der Waals surface area contributed by atoms with Gasteiger partial charge in [0.2, 0.25) is 5.91 Å². The summed E-state index contributed by atoms with van der Waals surface area (Å²) in [5.41, 5.74) is 1.26. The van der Waals surface area contributed by atoms with Crippen molar-refractivity contribution in [1.29, 1.82) is 0 Å². The van der Waals surface area contributed by atoms with Crippen molar-refractivity contribution >= 4 is 17.2 Å². The van der Waals surface area contributed by atoms with E-state index in [-0.39, 0.29) is 11.9 Å². The number of aryl methyl sites for hydroxylation is 1. The molecule has 0 radical (unpaired) electrons. The molecule has 0 saturated carbocycles. The highest BCUT2D eigenvalue weighted by atomic mass is 32.1. The summed E-state index contributed by atoms with van der Waals surface area (Å²) in [5, 5.41) is 8.38. The van der Waals surface area contributed by atoms with Crippen LogP contribution in [0, 0.1) is 12.8 Å². The maximum absolute atomic E-state index is 12.0. The van der Waals surface area contributed by atoms with E-state index in [0.717, 1.165) is 13.0 Å². The molecule has 4 heteroatoms. The number of carbonyl (C=O) groups excluding carboxylic acids is 1. The molecule has 94 valence electrons. The van der Waals surface area contributed by atoms with Crippen LogP contribution in [0.1, 0.15) is 30.2 Å². The van der Waals surface area contributed by atoms with Crippen molar-refractivity contribution in [1.82, 2.24) is 10.6 Å². The molecule has 1 aliphatic rings. The molecule has 2 N–H and O–H groups in total. The molecule has 2 atom stereocenters. The summed E-state index contributed by atoms with van der Waals surface area (Å²) in [5.74, 6) is 0.792. The Hall–Kier alpha value is -0.870. The van der Waals surface area contributed by atoms with Gasteiger partial charge in [-0.2, -0.15) is 0 Å². The van der Waals surface area contributed by atoms with E-state index in [1.807, 2.05) is 0 Å². The van der Waals surface area contributed by atoms with Gasteiger partial charge in [-0.1, -0.05) is 6.92 Å². The predicted molar refractivity (Wildman–Crippen MR) is 71.1 cm³/mol. The van der Waals surface area contributed by atoms with Gasteiger partial charge in [0.05, 0.1) is 12.6 Å². The highest BCUT2D eigenvalue weighted by Gasteiger charge is 2.24. The Morgan fingerprint density at radius 3 is 3.12 bits per heavy atom. The highest BCUT2D eigenvalue weighted by Crippen LogP contribution is 2.17. The molecule has 3 nitrogen and oxygen atoms in total. The van der Waals surface area contributed by atoms with E-state index >= 15 is 0 Å². The summed E-state index contributed by atoms with van der Waals surface area (Å²) in [6, 6.07) is 2.09. The second-order valence-electron chi connectivity index (χ2n) is 4.88. The van der Waals surface area contributed by atoms with Gasteiger partial charge in [0.15, 0.2) is 0 Å². The minimum absolute atomic E-state index is 0.000909. The number of amides is 1. The molecule has 2 rings (SSSR count). The highest BCUT2D eigenvalue weighted by molar-refractivity contribution is 7.10. The molecule has 1 amide bonds. The van der Waals surface area contributed by atoms with Crippen LogP contribution in [0.5, 0.6) is 0 Å². The molecule has 1 aromatic rings. The summed E-state index contributed by atoms with van der Waals surface area (Å²) in [7, 11) is 0.